The molecule has 0 bridgehead atoms. The van der Waals surface area contributed by atoms with Crippen molar-refractivity contribution in [3.63, 3.8) is 0 Å². The summed E-state index contributed by atoms with van der Waals surface area (Å²) in [7, 11) is 1.64. The van der Waals surface area contributed by atoms with E-state index in [1.165, 1.54) is 0 Å². The second-order valence-corrected chi connectivity index (χ2v) is 6.68. The van der Waals surface area contributed by atoms with Gasteiger partial charge in [0.1, 0.15) is 0 Å². The molecule has 0 aliphatic heterocycles. The Hall–Kier alpha value is -3.19. The number of nitrogens with zero attached hydrogens (tertiary/aromatic N) is 1. The van der Waals surface area contributed by atoms with E-state index in [9.17, 15) is 14.4 Å². The summed E-state index contributed by atoms with van der Waals surface area (Å²) in [5.41, 5.74) is 3.78. The molecule has 0 saturated carbocycles. The molecule has 2 aromatic rings. The molecule has 2 aromatic carbocycles. The molecule has 0 spiro atoms. The smallest absolute Gasteiger partial charge is 0.321 e. The number of carbonyl (C=O) groups excluding carboxylic acids is 3. The summed E-state index contributed by atoms with van der Waals surface area (Å²) in [6.45, 7) is 4.21. The maximum atomic E-state index is 12.2. The van der Waals surface area contributed by atoms with Gasteiger partial charge in [0.05, 0.1) is 13.1 Å². The molecular formula is C21H26N4O3. The van der Waals surface area contributed by atoms with Crippen molar-refractivity contribution in [1.29, 1.82) is 0 Å². The lowest BCUT2D eigenvalue weighted by Gasteiger charge is -2.17. The van der Waals surface area contributed by atoms with Crippen LogP contribution in [0.1, 0.15) is 16.7 Å². The number of benzene rings is 2. The van der Waals surface area contributed by atoms with Crippen molar-refractivity contribution in [3.05, 3.63) is 65.2 Å². The normalized spacial score (nSPS) is 10.4. The van der Waals surface area contributed by atoms with Gasteiger partial charge in [-0.15, -0.1) is 0 Å². The van der Waals surface area contributed by atoms with Crippen molar-refractivity contribution in [1.82, 2.24) is 15.5 Å². The van der Waals surface area contributed by atoms with Crippen molar-refractivity contribution in [2.45, 2.75) is 20.4 Å². The van der Waals surface area contributed by atoms with Gasteiger partial charge in [-0.05, 0) is 43.7 Å². The monoisotopic (exact) mass is 382 g/mol. The number of nitrogens with one attached hydrogen (secondary N) is 3. The van der Waals surface area contributed by atoms with Gasteiger partial charge >= 0.3 is 6.03 Å². The number of imide groups is 1. The molecule has 0 fully saturated rings. The van der Waals surface area contributed by atoms with Crippen molar-refractivity contribution in [2.75, 3.05) is 25.5 Å². The Balaban J connectivity index is 1.73. The molecular weight excluding hydrogens is 356 g/mol. The molecule has 2 rings (SSSR count). The lowest BCUT2D eigenvalue weighted by Crippen LogP contribution is -2.44. The first-order chi connectivity index (χ1) is 13.3. The summed E-state index contributed by atoms with van der Waals surface area (Å²) < 4.78 is 0. The minimum Gasteiger partial charge on any atom is -0.334 e. The molecule has 0 radical (unpaired) electrons. The number of hydrogen-bond acceptors (Lipinski definition) is 4. The van der Waals surface area contributed by atoms with Crippen molar-refractivity contribution >= 4 is 23.5 Å². The van der Waals surface area contributed by atoms with Crippen LogP contribution in [0, 0.1) is 13.8 Å². The predicted molar refractivity (Wildman–Crippen MR) is 109 cm³/mol. The summed E-state index contributed by atoms with van der Waals surface area (Å²) in [5.74, 6) is -0.704. The summed E-state index contributed by atoms with van der Waals surface area (Å²) >= 11 is 0. The molecule has 7 heteroatoms. The lowest BCUT2D eigenvalue weighted by atomic mass is 10.1. The molecule has 0 aliphatic carbocycles. The molecule has 0 heterocycles. The van der Waals surface area contributed by atoms with Gasteiger partial charge in [0, 0.05) is 12.2 Å². The molecule has 148 valence electrons. The lowest BCUT2D eigenvalue weighted by molar-refractivity contribution is -0.122. The van der Waals surface area contributed by atoms with Crippen LogP contribution in [0.5, 0.6) is 0 Å². The Morgan fingerprint density at radius 2 is 1.57 bits per heavy atom. The first kappa shape index (κ1) is 21.1. The van der Waals surface area contributed by atoms with E-state index in [4.69, 9.17) is 0 Å². The van der Waals surface area contributed by atoms with E-state index in [2.05, 4.69) is 16.0 Å². The van der Waals surface area contributed by atoms with E-state index in [1.807, 2.05) is 62.4 Å². The van der Waals surface area contributed by atoms with E-state index in [-0.39, 0.29) is 19.0 Å². The Morgan fingerprint density at radius 1 is 0.893 bits per heavy atom. The minimum atomic E-state index is -0.568. The van der Waals surface area contributed by atoms with Gasteiger partial charge in [0.2, 0.25) is 11.8 Å². The number of urea groups is 1. The highest BCUT2D eigenvalue weighted by atomic mass is 16.2. The molecule has 0 aliphatic rings. The fourth-order valence-electron chi connectivity index (χ4n) is 2.61. The van der Waals surface area contributed by atoms with Crippen LogP contribution in [-0.2, 0) is 16.1 Å². The first-order valence-electron chi connectivity index (χ1n) is 9.01. The van der Waals surface area contributed by atoms with Crippen LogP contribution in [0.15, 0.2) is 48.5 Å². The number of amides is 4. The Kier molecular flexibility index (Phi) is 7.71. The molecule has 0 atom stereocenters. The Bertz CT molecular complexity index is 837. The summed E-state index contributed by atoms with van der Waals surface area (Å²) in [5, 5.41) is 7.72. The number of likely N-dealkylation sites (N-methyl/N-ethyl adjacent to an activating group) is 1. The number of rotatable bonds is 7. The zero-order valence-corrected chi connectivity index (χ0v) is 16.4. The maximum absolute atomic E-state index is 12.2. The van der Waals surface area contributed by atoms with Crippen LogP contribution in [0.4, 0.5) is 10.5 Å². The molecule has 0 unspecified atom stereocenters. The van der Waals surface area contributed by atoms with Gasteiger partial charge in [0.25, 0.3) is 0 Å². The predicted octanol–water partition coefficient (Wildman–Crippen LogP) is 2.20. The molecule has 4 amide bonds. The average Bonchev–Trinajstić information content (AvgIpc) is 2.64. The van der Waals surface area contributed by atoms with Crippen molar-refractivity contribution < 1.29 is 14.4 Å². The van der Waals surface area contributed by atoms with Gasteiger partial charge < -0.3 is 10.6 Å². The van der Waals surface area contributed by atoms with E-state index in [0.717, 1.165) is 22.4 Å². The van der Waals surface area contributed by atoms with Gasteiger partial charge in [0.15, 0.2) is 0 Å². The van der Waals surface area contributed by atoms with Crippen LogP contribution in [0.2, 0.25) is 0 Å². The molecule has 0 aromatic heterocycles. The van der Waals surface area contributed by atoms with Gasteiger partial charge in [-0.25, -0.2) is 4.79 Å². The van der Waals surface area contributed by atoms with Crippen LogP contribution >= 0.6 is 0 Å². The summed E-state index contributed by atoms with van der Waals surface area (Å²) in [6, 6.07) is 14.5. The largest absolute Gasteiger partial charge is 0.334 e. The summed E-state index contributed by atoms with van der Waals surface area (Å²) in [4.78, 5) is 37.5. The van der Waals surface area contributed by atoms with E-state index >= 15 is 0 Å². The first-order valence-corrected chi connectivity index (χ1v) is 9.01. The number of hydrogen-bond donors (Lipinski definition) is 3. The quantitative estimate of drug-likeness (QED) is 0.685. The van der Waals surface area contributed by atoms with Gasteiger partial charge in [-0.3, -0.25) is 19.8 Å². The van der Waals surface area contributed by atoms with Crippen LogP contribution in [-0.4, -0.2) is 42.9 Å². The van der Waals surface area contributed by atoms with E-state index < -0.39 is 11.9 Å². The Morgan fingerprint density at radius 3 is 2.29 bits per heavy atom. The molecule has 28 heavy (non-hydrogen) atoms. The highest BCUT2D eigenvalue weighted by Crippen LogP contribution is 2.17. The third kappa shape index (κ3) is 6.85. The summed E-state index contributed by atoms with van der Waals surface area (Å²) in [6.07, 6.45) is 0. The molecule has 7 nitrogen and oxygen atoms in total. The molecule has 3 N–H and O–H groups in total. The fourth-order valence-corrected chi connectivity index (χ4v) is 2.61. The highest BCUT2D eigenvalue weighted by Gasteiger charge is 2.14. The second-order valence-electron chi connectivity index (χ2n) is 6.68. The number of aryl methyl sites for hydroxylation is 1. The van der Waals surface area contributed by atoms with Crippen LogP contribution in [0.3, 0.4) is 0 Å². The average molecular weight is 382 g/mol. The van der Waals surface area contributed by atoms with Crippen molar-refractivity contribution in [3.8, 4) is 0 Å². The molecule has 0 saturated heterocycles. The van der Waals surface area contributed by atoms with Crippen molar-refractivity contribution in [2.24, 2.45) is 0 Å². The van der Waals surface area contributed by atoms with Crippen LogP contribution < -0.4 is 16.0 Å². The van der Waals surface area contributed by atoms with Gasteiger partial charge in [-0.2, -0.15) is 0 Å². The fraction of sp³-hybridized carbons (Fsp3) is 0.286. The Labute approximate surface area is 165 Å². The van der Waals surface area contributed by atoms with E-state index in [0.29, 0.717) is 6.54 Å². The standard InChI is InChI=1S/C21H26N4O3/c1-15-8-7-11-18(16(15)2)23-19(26)13-25(3)14-20(27)24-21(28)22-12-17-9-5-4-6-10-17/h4-11H,12-14H2,1-3H3,(H,23,26)(H2,22,24,27,28). The number of carbonyl (C=O) groups is 3. The van der Waals surface area contributed by atoms with E-state index in [1.54, 1.807) is 11.9 Å². The highest BCUT2D eigenvalue weighted by molar-refractivity contribution is 5.96. The topological polar surface area (TPSA) is 90.5 Å². The minimum absolute atomic E-state index is 0.0342. The SMILES string of the molecule is Cc1cccc(NC(=O)CN(C)CC(=O)NC(=O)NCc2ccccc2)c1C. The van der Waals surface area contributed by atoms with Gasteiger partial charge in [-0.1, -0.05) is 42.5 Å². The second kappa shape index (κ2) is 10.2. The zero-order valence-electron chi connectivity index (χ0n) is 16.4. The third-order valence-corrected chi connectivity index (χ3v) is 4.25. The third-order valence-electron chi connectivity index (χ3n) is 4.25. The maximum Gasteiger partial charge on any atom is 0.321 e. The number of anilines is 1. The zero-order chi connectivity index (χ0) is 20.5. The van der Waals surface area contributed by atoms with Crippen LogP contribution in [0.25, 0.3) is 0 Å².